The molecule has 0 radical (unpaired) electrons. The Balaban J connectivity index is 0.970. The summed E-state index contributed by atoms with van der Waals surface area (Å²) in [5, 5.41) is 2.33. The molecule has 1 aliphatic heterocycles. The molecule has 61 heavy (non-hydrogen) atoms. The summed E-state index contributed by atoms with van der Waals surface area (Å²) in [5.74, 6) is 2.42. The van der Waals surface area contributed by atoms with Gasteiger partial charge in [0.25, 0.3) is 0 Å². The summed E-state index contributed by atoms with van der Waals surface area (Å²) in [5.41, 5.74) is 14.0. The van der Waals surface area contributed by atoms with Crippen molar-refractivity contribution in [1.82, 2.24) is 9.55 Å². The smallest absolute Gasteiger partial charge is 0.137 e. The Hall–Kier alpha value is -7.11. The number of anilines is 4. The summed E-state index contributed by atoms with van der Waals surface area (Å²) >= 11 is 0. The third-order valence-electron chi connectivity index (χ3n) is 12.5. The Bertz CT molecular complexity index is 3080. The number of fused-ring (bicyclic) bond motifs is 4. The first-order chi connectivity index (χ1) is 29.5. The maximum atomic E-state index is 6.72. The number of pyridine rings is 1. The number of para-hydroxylation sites is 3. The minimum atomic E-state index is -0.136. The van der Waals surface area contributed by atoms with E-state index in [0.717, 1.165) is 50.6 Å². The lowest BCUT2D eigenvalue weighted by molar-refractivity contribution is 0.483. The van der Waals surface area contributed by atoms with E-state index in [2.05, 4.69) is 226 Å². The van der Waals surface area contributed by atoms with Gasteiger partial charge in [-0.05, 0) is 101 Å². The lowest BCUT2D eigenvalue weighted by Gasteiger charge is -2.26. The molecule has 0 aliphatic carbocycles. The molecule has 3 heterocycles. The molecule has 300 valence electrons. The highest BCUT2D eigenvalue weighted by Crippen LogP contribution is 2.46. The number of hydrogen-bond acceptors (Lipinski definition) is 4. The molecule has 0 N–H and O–H groups in total. The average molecular weight is 795 g/mol. The van der Waals surface area contributed by atoms with Crippen LogP contribution in [-0.2, 0) is 10.8 Å². The van der Waals surface area contributed by atoms with Gasteiger partial charge < -0.3 is 14.5 Å². The van der Waals surface area contributed by atoms with E-state index >= 15 is 0 Å². The molecular formula is C56H50N4O. The first-order valence-corrected chi connectivity index (χ1v) is 21.2. The van der Waals surface area contributed by atoms with E-state index in [4.69, 9.17) is 9.72 Å². The number of aromatic nitrogens is 2. The number of ether oxygens (including phenoxy) is 1. The van der Waals surface area contributed by atoms with Gasteiger partial charge in [-0.15, -0.1) is 0 Å². The summed E-state index contributed by atoms with van der Waals surface area (Å²) < 4.78 is 8.99. The van der Waals surface area contributed by atoms with Crippen molar-refractivity contribution in [3.63, 3.8) is 0 Å². The van der Waals surface area contributed by atoms with Crippen LogP contribution in [-0.4, -0.2) is 16.2 Å². The monoisotopic (exact) mass is 794 g/mol. The van der Waals surface area contributed by atoms with Crippen molar-refractivity contribution in [2.45, 2.75) is 52.4 Å². The number of nitrogens with zero attached hydrogens (tertiary/aromatic N) is 4. The van der Waals surface area contributed by atoms with Crippen LogP contribution >= 0.6 is 0 Å². The molecule has 1 aliphatic rings. The maximum Gasteiger partial charge on any atom is 0.137 e. The lowest BCUT2D eigenvalue weighted by atomic mass is 9.77. The van der Waals surface area contributed by atoms with E-state index in [1.165, 1.54) is 44.7 Å². The molecule has 0 saturated heterocycles. The summed E-state index contributed by atoms with van der Waals surface area (Å²) in [7, 11) is 0. The molecule has 9 aromatic rings. The van der Waals surface area contributed by atoms with E-state index in [0.29, 0.717) is 6.67 Å². The molecule has 0 spiro atoms. The number of rotatable bonds is 8. The highest BCUT2D eigenvalue weighted by Gasteiger charge is 2.29. The Kier molecular flexibility index (Phi) is 9.29. The SMILES string of the molecule is Cc1cc(-n2c3ccccc3c3ccc(Oc4cccc(N5CN(c6cccc(C(C)(C)C)c6)c6ccccc65)c4)cc32)ncc1-c1cccc(C(C)(C)c2ccccc2)c1. The van der Waals surface area contributed by atoms with Crippen molar-refractivity contribution in [3.8, 4) is 28.4 Å². The summed E-state index contributed by atoms with van der Waals surface area (Å²) in [4.78, 5) is 9.92. The van der Waals surface area contributed by atoms with E-state index in [1.54, 1.807) is 0 Å². The zero-order valence-corrected chi connectivity index (χ0v) is 35.7. The summed E-state index contributed by atoms with van der Waals surface area (Å²) in [6, 6.07) is 62.8. The first kappa shape index (κ1) is 38.1. The number of hydrogen-bond donors (Lipinski definition) is 0. The molecule has 10 rings (SSSR count). The Morgan fingerprint density at radius 1 is 0.508 bits per heavy atom. The van der Waals surface area contributed by atoms with E-state index in [-0.39, 0.29) is 10.8 Å². The van der Waals surface area contributed by atoms with Crippen LogP contribution in [0.1, 0.15) is 56.9 Å². The lowest BCUT2D eigenvalue weighted by Crippen LogP contribution is -2.24. The van der Waals surface area contributed by atoms with Crippen molar-refractivity contribution in [3.05, 3.63) is 204 Å². The van der Waals surface area contributed by atoms with Crippen LogP contribution < -0.4 is 14.5 Å². The Labute approximate surface area is 359 Å². The minimum absolute atomic E-state index is 0.0616. The second-order valence-corrected chi connectivity index (χ2v) is 17.8. The molecule has 7 aromatic carbocycles. The standard InChI is InChI=1S/C56H50N4O/c1-38-31-54(57-36-49(38)39-17-14-21-42(32-39)56(5,6)40-18-8-7-9-19-40)60-50-26-11-10-25-47(50)48-30-29-46(35-53(48)60)61-45-24-16-23-44(34-45)59-37-58(51-27-12-13-28-52(51)59)43-22-15-20-41(33-43)55(2,3)4/h7-36H,37H2,1-6H3. The van der Waals surface area contributed by atoms with E-state index in [9.17, 15) is 0 Å². The second-order valence-electron chi connectivity index (χ2n) is 17.8. The average Bonchev–Trinajstić information content (AvgIpc) is 3.83. The molecule has 2 aromatic heterocycles. The van der Waals surface area contributed by atoms with Gasteiger partial charge in [0.15, 0.2) is 0 Å². The Morgan fingerprint density at radius 3 is 1.89 bits per heavy atom. The molecule has 0 amide bonds. The maximum absolute atomic E-state index is 6.72. The van der Waals surface area contributed by atoms with Crippen LogP contribution in [0, 0.1) is 6.92 Å². The van der Waals surface area contributed by atoms with Gasteiger partial charge in [0.2, 0.25) is 0 Å². The van der Waals surface area contributed by atoms with Gasteiger partial charge in [0.1, 0.15) is 24.0 Å². The van der Waals surface area contributed by atoms with Crippen molar-refractivity contribution < 1.29 is 4.74 Å². The topological polar surface area (TPSA) is 33.5 Å². The fraction of sp³-hybridized carbons (Fsp3) is 0.161. The second kappa shape index (κ2) is 14.9. The predicted octanol–water partition coefficient (Wildman–Crippen LogP) is 14.8. The van der Waals surface area contributed by atoms with Crippen LogP contribution in [0.25, 0.3) is 38.8 Å². The fourth-order valence-electron chi connectivity index (χ4n) is 8.97. The van der Waals surface area contributed by atoms with Crippen molar-refractivity contribution in [1.29, 1.82) is 0 Å². The molecule has 0 atom stereocenters. The van der Waals surface area contributed by atoms with Gasteiger partial charge in [-0.1, -0.05) is 138 Å². The predicted molar refractivity (Wildman–Crippen MR) is 255 cm³/mol. The largest absolute Gasteiger partial charge is 0.457 e. The third-order valence-corrected chi connectivity index (χ3v) is 12.5. The van der Waals surface area contributed by atoms with Crippen molar-refractivity contribution in [2.75, 3.05) is 16.5 Å². The van der Waals surface area contributed by atoms with Gasteiger partial charge >= 0.3 is 0 Å². The molecule has 5 nitrogen and oxygen atoms in total. The minimum Gasteiger partial charge on any atom is -0.457 e. The van der Waals surface area contributed by atoms with Crippen LogP contribution in [0.5, 0.6) is 11.5 Å². The van der Waals surface area contributed by atoms with E-state index in [1.807, 2.05) is 12.3 Å². The highest BCUT2D eigenvalue weighted by molar-refractivity contribution is 6.09. The third kappa shape index (κ3) is 6.90. The van der Waals surface area contributed by atoms with Crippen LogP contribution in [0.15, 0.2) is 182 Å². The summed E-state index contributed by atoms with van der Waals surface area (Å²) in [6.45, 7) is 14.3. The Morgan fingerprint density at radius 2 is 1.13 bits per heavy atom. The van der Waals surface area contributed by atoms with Crippen LogP contribution in [0.3, 0.4) is 0 Å². The summed E-state index contributed by atoms with van der Waals surface area (Å²) in [6.07, 6.45) is 2.03. The number of aryl methyl sites for hydroxylation is 1. The van der Waals surface area contributed by atoms with Gasteiger partial charge in [0, 0.05) is 51.5 Å². The zero-order valence-electron chi connectivity index (χ0n) is 35.7. The highest BCUT2D eigenvalue weighted by atomic mass is 16.5. The van der Waals surface area contributed by atoms with Crippen LogP contribution in [0.2, 0.25) is 0 Å². The van der Waals surface area contributed by atoms with E-state index < -0.39 is 0 Å². The van der Waals surface area contributed by atoms with Gasteiger partial charge in [-0.25, -0.2) is 4.98 Å². The van der Waals surface area contributed by atoms with Gasteiger partial charge in [0.05, 0.1) is 22.4 Å². The molecule has 0 fully saturated rings. The fourth-order valence-corrected chi connectivity index (χ4v) is 8.97. The quantitative estimate of drug-likeness (QED) is 0.153. The zero-order chi connectivity index (χ0) is 41.9. The van der Waals surface area contributed by atoms with Crippen molar-refractivity contribution in [2.24, 2.45) is 0 Å². The molecule has 5 heteroatoms. The normalized spacial score (nSPS) is 13.0. The molecule has 0 unspecified atom stereocenters. The molecule has 0 bridgehead atoms. The van der Waals surface area contributed by atoms with Crippen molar-refractivity contribution >= 4 is 44.6 Å². The van der Waals surface area contributed by atoms with Gasteiger partial charge in [-0.2, -0.15) is 0 Å². The first-order valence-electron chi connectivity index (χ1n) is 21.2. The molecule has 0 saturated carbocycles. The number of benzene rings is 7. The molecular weight excluding hydrogens is 745 g/mol. The van der Waals surface area contributed by atoms with Gasteiger partial charge in [-0.3, -0.25) is 4.57 Å². The van der Waals surface area contributed by atoms with Crippen LogP contribution in [0.4, 0.5) is 22.7 Å².